The van der Waals surface area contributed by atoms with Gasteiger partial charge in [-0.2, -0.15) is 0 Å². The van der Waals surface area contributed by atoms with Gasteiger partial charge in [0.25, 0.3) is 0 Å². The van der Waals surface area contributed by atoms with E-state index in [9.17, 15) is 19.6 Å². The van der Waals surface area contributed by atoms with Crippen molar-refractivity contribution in [3.8, 4) is 0 Å². The second-order valence-electron chi connectivity index (χ2n) is 6.51. The fourth-order valence-electron chi connectivity index (χ4n) is 2.89. The Morgan fingerprint density at radius 1 is 1.10 bits per heavy atom. The van der Waals surface area contributed by atoms with Crippen LogP contribution in [0.15, 0.2) is 46.5 Å². The lowest BCUT2D eigenvalue weighted by atomic mass is 9.95. The Hall–Kier alpha value is -3.24. The molecule has 1 amide bonds. The first kappa shape index (κ1) is 23.0. The Kier molecular flexibility index (Phi) is 8.07. The summed E-state index contributed by atoms with van der Waals surface area (Å²) in [6.07, 6.45) is -1.03. The molecule has 1 atom stereocenters. The maximum Gasteiger partial charge on any atom is 0.413 e. The molecule has 0 saturated carbocycles. The highest BCUT2D eigenvalue weighted by molar-refractivity contribution is 6.09. The van der Waals surface area contributed by atoms with E-state index in [0.717, 1.165) is 5.56 Å². The zero-order valence-corrected chi connectivity index (χ0v) is 17.0. The first-order chi connectivity index (χ1) is 14.3. The number of ether oxygens (including phenoxy) is 3. The zero-order valence-electron chi connectivity index (χ0n) is 17.0. The van der Waals surface area contributed by atoms with Crippen LogP contribution in [0.1, 0.15) is 31.7 Å². The van der Waals surface area contributed by atoms with E-state index >= 15 is 0 Å². The zero-order chi connectivity index (χ0) is 22.1. The van der Waals surface area contributed by atoms with Crippen LogP contribution in [-0.4, -0.2) is 49.1 Å². The van der Waals surface area contributed by atoms with E-state index in [-0.39, 0.29) is 37.3 Å². The lowest BCUT2D eigenvalue weighted by Crippen LogP contribution is -2.32. The number of amidine groups is 1. The molecule has 1 aliphatic rings. The molecule has 0 fully saturated rings. The first-order valence-electron chi connectivity index (χ1n) is 9.09. The van der Waals surface area contributed by atoms with Crippen molar-refractivity contribution in [1.29, 1.82) is 0 Å². The summed E-state index contributed by atoms with van der Waals surface area (Å²) in [5.41, 5.74) is -0.252. The molecule has 1 unspecified atom stereocenters. The largest absolute Gasteiger partial charge is 0.469 e. The lowest BCUT2D eigenvalue weighted by Gasteiger charge is -2.20. The van der Waals surface area contributed by atoms with Gasteiger partial charge in [-0.25, -0.2) is 19.9 Å². The van der Waals surface area contributed by atoms with Gasteiger partial charge >= 0.3 is 18.0 Å². The molecule has 1 heterocycles. The second-order valence-corrected chi connectivity index (χ2v) is 6.51. The van der Waals surface area contributed by atoms with Gasteiger partial charge in [0.05, 0.1) is 20.6 Å². The average molecular weight is 420 g/mol. The van der Waals surface area contributed by atoms with Crippen LogP contribution in [0.5, 0.6) is 0 Å². The van der Waals surface area contributed by atoms with Crippen LogP contribution in [-0.2, 0) is 35.3 Å². The Labute approximate surface area is 173 Å². The Morgan fingerprint density at radius 2 is 1.77 bits per heavy atom. The van der Waals surface area contributed by atoms with Crippen LogP contribution in [0.4, 0.5) is 4.79 Å². The number of alkyl carbamates (subject to hydrolysis) is 1. The van der Waals surface area contributed by atoms with Crippen molar-refractivity contribution in [2.75, 3.05) is 14.2 Å². The average Bonchev–Trinajstić information content (AvgIpc) is 3.01. The maximum atomic E-state index is 12.3. The molecule has 1 aromatic rings. The number of esters is 2. The van der Waals surface area contributed by atoms with Gasteiger partial charge in [-0.15, -0.1) is 0 Å². The Morgan fingerprint density at radius 3 is 2.37 bits per heavy atom. The summed E-state index contributed by atoms with van der Waals surface area (Å²) in [6, 6.07) is 9.07. The lowest BCUT2D eigenvalue weighted by molar-refractivity contribution is -0.303. The van der Waals surface area contributed by atoms with Gasteiger partial charge in [0.15, 0.2) is 0 Å². The highest BCUT2D eigenvalue weighted by atomic mass is 17.1. The third-order valence-corrected chi connectivity index (χ3v) is 4.50. The molecule has 2 N–H and O–H groups in total. The van der Waals surface area contributed by atoms with Gasteiger partial charge in [0, 0.05) is 17.6 Å². The Balaban J connectivity index is 2.22. The summed E-state index contributed by atoms with van der Waals surface area (Å²) in [7, 11) is 2.46. The molecule has 0 saturated heterocycles. The van der Waals surface area contributed by atoms with E-state index in [4.69, 9.17) is 4.74 Å². The molecule has 0 bridgehead atoms. The van der Waals surface area contributed by atoms with Crippen LogP contribution < -0.4 is 5.32 Å². The van der Waals surface area contributed by atoms with Crippen molar-refractivity contribution in [3.63, 3.8) is 0 Å². The highest BCUT2D eigenvalue weighted by Gasteiger charge is 2.41. The van der Waals surface area contributed by atoms with Gasteiger partial charge in [-0.05, 0) is 18.9 Å². The normalized spacial score (nSPS) is 17.9. The number of aliphatic imine (C=N–C) groups is 1. The standard InChI is InChI=1S/C20H24N2O8/c1-20(30-26)15(11-17(24)28-3)14(9-10-16(23)27-2)18(22-20)21-19(25)29-12-13-7-5-4-6-8-13/h4-8,26H,9-12H2,1-3H3,(H,21,22,25). The van der Waals surface area contributed by atoms with E-state index in [1.54, 1.807) is 12.1 Å². The number of nitrogens with zero attached hydrogens (tertiary/aromatic N) is 1. The molecule has 0 spiro atoms. The van der Waals surface area contributed by atoms with E-state index in [1.165, 1.54) is 21.1 Å². The maximum absolute atomic E-state index is 12.3. The second kappa shape index (κ2) is 10.5. The minimum absolute atomic E-state index is 0.0208. The molecular formula is C20H24N2O8. The number of carbonyl (C=O) groups is 3. The number of carbonyl (C=O) groups excluding carboxylic acids is 3. The molecule has 162 valence electrons. The molecule has 1 aromatic carbocycles. The van der Waals surface area contributed by atoms with Crippen molar-refractivity contribution in [3.05, 3.63) is 47.0 Å². The minimum Gasteiger partial charge on any atom is -0.469 e. The Bertz CT molecular complexity index is 850. The van der Waals surface area contributed by atoms with Crippen LogP contribution in [0.2, 0.25) is 0 Å². The van der Waals surface area contributed by atoms with Crippen LogP contribution >= 0.6 is 0 Å². The summed E-state index contributed by atoms with van der Waals surface area (Å²) < 4.78 is 14.5. The van der Waals surface area contributed by atoms with Crippen molar-refractivity contribution in [1.82, 2.24) is 5.32 Å². The molecule has 0 aromatic heterocycles. The predicted octanol–water partition coefficient (Wildman–Crippen LogP) is 2.34. The fraction of sp³-hybridized carbons (Fsp3) is 0.400. The molecule has 1 aliphatic heterocycles. The molecule has 10 heteroatoms. The number of nitrogens with one attached hydrogen (secondary N) is 1. The highest BCUT2D eigenvalue weighted by Crippen LogP contribution is 2.36. The molecule has 2 rings (SSSR count). The smallest absolute Gasteiger partial charge is 0.413 e. The first-order valence-corrected chi connectivity index (χ1v) is 9.09. The van der Waals surface area contributed by atoms with Gasteiger partial charge in [-0.1, -0.05) is 30.3 Å². The van der Waals surface area contributed by atoms with Crippen molar-refractivity contribution in [2.45, 2.75) is 38.5 Å². The van der Waals surface area contributed by atoms with Crippen LogP contribution in [0, 0.1) is 0 Å². The quantitative estimate of drug-likeness (QED) is 0.283. The van der Waals surface area contributed by atoms with Crippen molar-refractivity contribution >= 4 is 23.9 Å². The summed E-state index contributed by atoms with van der Waals surface area (Å²) in [5.74, 6) is -1.08. The molecule has 10 nitrogen and oxygen atoms in total. The van der Waals surface area contributed by atoms with Crippen LogP contribution in [0.25, 0.3) is 0 Å². The summed E-state index contributed by atoms with van der Waals surface area (Å²) >= 11 is 0. The molecule has 30 heavy (non-hydrogen) atoms. The van der Waals surface area contributed by atoms with E-state index in [2.05, 4.69) is 24.7 Å². The van der Waals surface area contributed by atoms with E-state index in [0.29, 0.717) is 5.57 Å². The fourth-order valence-corrected chi connectivity index (χ4v) is 2.89. The predicted molar refractivity (Wildman–Crippen MR) is 104 cm³/mol. The van der Waals surface area contributed by atoms with Crippen LogP contribution in [0.3, 0.4) is 0 Å². The topological polar surface area (TPSA) is 133 Å². The third kappa shape index (κ3) is 5.88. The summed E-state index contributed by atoms with van der Waals surface area (Å²) in [6.45, 7) is 1.44. The molecular weight excluding hydrogens is 396 g/mol. The minimum atomic E-state index is -1.64. The number of rotatable bonds is 8. The van der Waals surface area contributed by atoms with Crippen molar-refractivity contribution < 1.29 is 38.7 Å². The van der Waals surface area contributed by atoms with Crippen molar-refractivity contribution in [2.24, 2.45) is 4.99 Å². The van der Waals surface area contributed by atoms with Gasteiger partial charge in [0.2, 0.25) is 5.72 Å². The summed E-state index contributed by atoms with van der Waals surface area (Å²) in [4.78, 5) is 44.4. The van der Waals surface area contributed by atoms with E-state index in [1.807, 2.05) is 18.2 Å². The third-order valence-electron chi connectivity index (χ3n) is 4.50. The summed E-state index contributed by atoms with van der Waals surface area (Å²) in [5, 5.41) is 11.9. The van der Waals surface area contributed by atoms with Gasteiger partial charge < -0.3 is 14.2 Å². The van der Waals surface area contributed by atoms with E-state index < -0.39 is 23.8 Å². The monoisotopic (exact) mass is 420 g/mol. The number of amides is 1. The number of methoxy groups -OCH3 is 2. The number of hydrogen-bond acceptors (Lipinski definition) is 9. The SMILES string of the molecule is COC(=O)CCC1=C(CC(=O)OC)C(C)(OO)N=C1NC(=O)OCc1ccccc1. The van der Waals surface area contributed by atoms with Gasteiger partial charge in [-0.3, -0.25) is 14.9 Å². The number of benzene rings is 1. The molecule has 0 aliphatic carbocycles. The number of hydrogen-bond donors (Lipinski definition) is 2. The molecule has 0 radical (unpaired) electrons. The van der Waals surface area contributed by atoms with Gasteiger partial charge in [0.1, 0.15) is 12.4 Å².